The third kappa shape index (κ3) is 3.66. The van der Waals surface area contributed by atoms with E-state index in [-0.39, 0.29) is 12.1 Å². The van der Waals surface area contributed by atoms with Crippen LogP contribution in [0.15, 0.2) is 24.3 Å². The molecule has 21 heavy (non-hydrogen) atoms. The zero-order chi connectivity index (χ0) is 15.8. The maximum Gasteiger partial charge on any atom is 0.416 e. The lowest BCUT2D eigenvalue weighted by molar-refractivity contribution is -0.161. The smallest absolute Gasteiger partial charge is 0.313 e. The van der Waals surface area contributed by atoms with Gasteiger partial charge < -0.3 is 4.90 Å². The van der Waals surface area contributed by atoms with E-state index in [2.05, 4.69) is 5.32 Å². The number of hydrogen-bond acceptors (Lipinski definition) is 2. The summed E-state index contributed by atoms with van der Waals surface area (Å²) < 4.78 is 75.2. The van der Waals surface area contributed by atoms with Gasteiger partial charge in [0, 0.05) is 0 Å². The van der Waals surface area contributed by atoms with Crippen LogP contribution < -0.4 is 5.32 Å². The third-order valence-electron chi connectivity index (χ3n) is 2.96. The zero-order valence-corrected chi connectivity index (χ0v) is 10.4. The molecule has 1 unspecified atom stereocenters. The van der Waals surface area contributed by atoms with E-state index in [0.29, 0.717) is 4.90 Å². The van der Waals surface area contributed by atoms with Gasteiger partial charge in [-0.1, -0.05) is 12.1 Å². The summed E-state index contributed by atoms with van der Waals surface area (Å²) >= 11 is 0. The van der Waals surface area contributed by atoms with Crippen molar-refractivity contribution in [3.05, 3.63) is 35.4 Å². The number of nitrogens with zero attached hydrogens (tertiary/aromatic N) is 1. The monoisotopic (exact) mass is 312 g/mol. The molecule has 1 saturated heterocycles. The molecule has 1 aliphatic rings. The molecule has 0 aromatic heterocycles. The van der Waals surface area contributed by atoms with Crippen molar-refractivity contribution < 1.29 is 31.1 Å². The minimum atomic E-state index is -4.62. The summed E-state index contributed by atoms with van der Waals surface area (Å²) in [6, 6.07) is 3.89. The molecule has 0 radical (unpaired) electrons. The van der Waals surface area contributed by atoms with E-state index < -0.39 is 36.5 Å². The van der Waals surface area contributed by atoms with Crippen molar-refractivity contribution in [2.75, 3.05) is 13.1 Å². The van der Waals surface area contributed by atoms with Crippen molar-refractivity contribution >= 4 is 5.91 Å². The molecule has 0 saturated carbocycles. The number of amides is 1. The van der Waals surface area contributed by atoms with E-state index in [9.17, 15) is 31.1 Å². The van der Waals surface area contributed by atoms with Gasteiger partial charge in [-0.15, -0.1) is 0 Å². The van der Waals surface area contributed by atoms with Crippen LogP contribution in [0.2, 0.25) is 0 Å². The number of rotatable bonds is 2. The largest absolute Gasteiger partial charge is 0.416 e. The molecule has 1 aromatic carbocycles. The molecular formula is C12H10F6N2O. The van der Waals surface area contributed by atoms with Gasteiger partial charge in [0.2, 0.25) is 5.91 Å². The molecule has 1 atom stereocenters. The van der Waals surface area contributed by atoms with Crippen molar-refractivity contribution in [1.82, 2.24) is 10.2 Å². The maximum atomic E-state index is 12.6. The highest BCUT2D eigenvalue weighted by molar-refractivity contribution is 5.81. The lowest BCUT2D eigenvalue weighted by Gasteiger charge is -2.26. The van der Waals surface area contributed by atoms with Gasteiger partial charge in [0.1, 0.15) is 12.7 Å². The van der Waals surface area contributed by atoms with Gasteiger partial charge >= 0.3 is 12.4 Å². The standard InChI is InChI=1S/C12H10F6N2O/c13-11(14,15)6-20-9(21)5-19-10(20)7-2-1-3-8(4-7)12(16,17)18/h1-4,10,19H,5-6H2. The minimum Gasteiger partial charge on any atom is -0.313 e. The molecule has 1 amide bonds. The average molecular weight is 312 g/mol. The van der Waals surface area contributed by atoms with Gasteiger partial charge in [0.25, 0.3) is 0 Å². The molecular weight excluding hydrogens is 302 g/mol. The molecule has 1 aliphatic heterocycles. The highest BCUT2D eigenvalue weighted by Gasteiger charge is 2.41. The first-order valence-corrected chi connectivity index (χ1v) is 5.85. The summed E-state index contributed by atoms with van der Waals surface area (Å²) in [4.78, 5) is 11.9. The molecule has 1 N–H and O–H groups in total. The summed E-state index contributed by atoms with van der Waals surface area (Å²) in [6.07, 6.45) is -10.4. The van der Waals surface area contributed by atoms with E-state index in [4.69, 9.17) is 0 Å². The molecule has 2 rings (SSSR count). The Morgan fingerprint density at radius 1 is 1.19 bits per heavy atom. The SMILES string of the molecule is O=C1CNC(c2cccc(C(F)(F)F)c2)N1CC(F)(F)F. The van der Waals surface area contributed by atoms with Crippen LogP contribution in [0, 0.1) is 0 Å². The Morgan fingerprint density at radius 3 is 2.43 bits per heavy atom. The van der Waals surface area contributed by atoms with Gasteiger partial charge in [-0.3, -0.25) is 10.1 Å². The van der Waals surface area contributed by atoms with Gasteiger partial charge in [-0.05, 0) is 17.7 Å². The predicted octanol–water partition coefficient (Wildman–Crippen LogP) is 2.70. The lowest BCUT2D eigenvalue weighted by atomic mass is 10.1. The second kappa shape index (κ2) is 5.21. The van der Waals surface area contributed by atoms with Crippen LogP contribution in [-0.4, -0.2) is 30.1 Å². The van der Waals surface area contributed by atoms with Crippen LogP contribution in [0.25, 0.3) is 0 Å². The van der Waals surface area contributed by atoms with Crippen molar-refractivity contribution in [3.63, 3.8) is 0 Å². The number of benzene rings is 1. The fourth-order valence-corrected chi connectivity index (χ4v) is 2.10. The van der Waals surface area contributed by atoms with Crippen LogP contribution in [0.4, 0.5) is 26.3 Å². The number of carbonyl (C=O) groups excluding carboxylic acids is 1. The Labute approximate surface area is 115 Å². The van der Waals surface area contributed by atoms with Crippen LogP contribution in [0.1, 0.15) is 17.3 Å². The molecule has 0 aliphatic carbocycles. The minimum absolute atomic E-state index is 0.0417. The summed E-state index contributed by atoms with van der Waals surface area (Å²) in [7, 11) is 0. The van der Waals surface area contributed by atoms with E-state index in [0.717, 1.165) is 18.2 Å². The van der Waals surface area contributed by atoms with Crippen molar-refractivity contribution in [2.24, 2.45) is 0 Å². The van der Waals surface area contributed by atoms with Crippen molar-refractivity contribution in [2.45, 2.75) is 18.5 Å². The average Bonchev–Trinajstić information content (AvgIpc) is 2.68. The molecule has 9 heteroatoms. The fourth-order valence-electron chi connectivity index (χ4n) is 2.10. The zero-order valence-electron chi connectivity index (χ0n) is 10.4. The van der Waals surface area contributed by atoms with Gasteiger partial charge in [0.15, 0.2) is 0 Å². The Kier molecular flexibility index (Phi) is 3.87. The summed E-state index contributed by atoms with van der Waals surface area (Å²) in [6.45, 7) is -1.86. The maximum absolute atomic E-state index is 12.6. The molecule has 1 fully saturated rings. The van der Waals surface area contributed by atoms with E-state index in [1.54, 1.807) is 0 Å². The van der Waals surface area contributed by atoms with Gasteiger partial charge in [-0.25, -0.2) is 0 Å². The van der Waals surface area contributed by atoms with Crippen molar-refractivity contribution in [3.8, 4) is 0 Å². The topological polar surface area (TPSA) is 32.3 Å². The molecule has 1 heterocycles. The fraction of sp³-hybridized carbons (Fsp3) is 0.417. The molecule has 116 valence electrons. The highest BCUT2D eigenvalue weighted by atomic mass is 19.4. The highest BCUT2D eigenvalue weighted by Crippen LogP contribution is 2.33. The number of nitrogens with one attached hydrogen (secondary N) is 1. The van der Waals surface area contributed by atoms with Crippen molar-refractivity contribution in [1.29, 1.82) is 0 Å². The van der Waals surface area contributed by atoms with E-state index >= 15 is 0 Å². The second-order valence-corrected chi connectivity index (χ2v) is 4.54. The third-order valence-corrected chi connectivity index (χ3v) is 2.96. The number of halogens is 6. The number of carbonyl (C=O) groups is 1. The Balaban J connectivity index is 2.30. The molecule has 1 aromatic rings. The van der Waals surface area contributed by atoms with Crippen LogP contribution in [0.3, 0.4) is 0 Å². The van der Waals surface area contributed by atoms with Crippen LogP contribution in [-0.2, 0) is 11.0 Å². The first kappa shape index (κ1) is 15.6. The Morgan fingerprint density at radius 2 is 1.86 bits per heavy atom. The number of hydrogen-bond donors (Lipinski definition) is 1. The quantitative estimate of drug-likeness (QED) is 0.852. The lowest BCUT2D eigenvalue weighted by Crippen LogP contribution is -2.38. The number of alkyl halides is 6. The molecule has 3 nitrogen and oxygen atoms in total. The normalized spacial score (nSPS) is 20.2. The molecule has 0 bridgehead atoms. The summed E-state index contributed by atoms with van der Waals surface area (Å²) in [5.74, 6) is -0.810. The first-order valence-electron chi connectivity index (χ1n) is 5.85. The Bertz CT molecular complexity index is 539. The van der Waals surface area contributed by atoms with Gasteiger partial charge in [-0.2, -0.15) is 26.3 Å². The Hall–Kier alpha value is -1.77. The summed E-state index contributed by atoms with van der Waals surface area (Å²) in [5, 5.41) is 2.48. The van der Waals surface area contributed by atoms with E-state index in [1.807, 2.05) is 0 Å². The van der Waals surface area contributed by atoms with Crippen LogP contribution in [0.5, 0.6) is 0 Å². The van der Waals surface area contributed by atoms with Gasteiger partial charge in [0.05, 0.1) is 12.1 Å². The summed E-state index contributed by atoms with van der Waals surface area (Å²) in [5.41, 5.74) is -1.02. The molecule has 0 spiro atoms. The first-order chi connectivity index (χ1) is 9.58. The predicted molar refractivity (Wildman–Crippen MR) is 60.0 cm³/mol. The second-order valence-electron chi connectivity index (χ2n) is 4.54. The van der Waals surface area contributed by atoms with Crippen LogP contribution >= 0.6 is 0 Å². The van der Waals surface area contributed by atoms with E-state index in [1.165, 1.54) is 6.07 Å².